The summed E-state index contributed by atoms with van der Waals surface area (Å²) in [5.41, 5.74) is -1.61. The van der Waals surface area contributed by atoms with Crippen molar-refractivity contribution in [1.82, 2.24) is 19.7 Å². The van der Waals surface area contributed by atoms with Gasteiger partial charge in [0.25, 0.3) is 0 Å². The Morgan fingerprint density at radius 2 is 2.12 bits per heavy atom. The van der Waals surface area contributed by atoms with Gasteiger partial charge in [0.1, 0.15) is 29.9 Å². The molecule has 2 aromatic rings. The van der Waals surface area contributed by atoms with Gasteiger partial charge >= 0.3 is 0 Å². The van der Waals surface area contributed by atoms with Gasteiger partial charge in [-0.15, -0.1) is 0 Å². The van der Waals surface area contributed by atoms with Gasteiger partial charge in [-0.1, -0.05) is 30.4 Å². The Balaban J connectivity index is 2.36. The summed E-state index contributed by atoms with van der Waals surface area (Å²) in [5.74, 6) is -1.48. The van der Waals surface area contributed by atoms with E-state index < -0.39 is 23.3 Å². The van der Waals surface area contributed by atoms with E-state index >= 15 is 0 Å². The zero-order valence-corrected chi connectivity index (χ0v) is 15.2. The summed E-state index contributed by atoms with van der Waals surface area (Å²) in [6, 6.07) is 2.72. The van der Waals surface area contributed by atoms with Crippen LogP contribution >= 0.6 is 0 Å². The molecular formula is C19H24F2N4O. The minimum absolute atomic E-state index is 0.0142. The van der Waals surface area contributed by atoms with E-state index in [1.807, 2.05) is 43.2 Å². The average Bonchev–Trinajstić information content (AvgIpc) is 3.10. The molecule has 1 heterocycles. The molecule has 1 N–H and O–H groups in total. The van der Waals surface area contributed by atoms with Crippen molar-refractivity contribution in [2.45, 2.75) is 32.0 Å². The molecule has 0 radical (unpaired) electrons. The Kier molecular flexibility index (Phi) is 6.76. The van der Waals surface area contributed by atoms with Crippen molar-refractivity contribution in [3.63, 3.8) is 0 Å². The van der Waals surface area contributed by atoms with Crippen LogP contribution in [0.4, 0.5) is 8.78 Å². The summed E-state index contributed by atoms with van der Waals surface area (Å²) >= 11 is 0. The molecule has 0 saturated carbocycles. The second-order valence-corrected chi connectivity index (χ2v) is 6.21. The number of allylic oxidation sites excluding steroid dienone is 3. The molecule has 0 fully saturated rings. The van der Waals surface area contributed by atoms with Crippen LogP contribution in [0.2, 0.25) is 0 Å². The summed E-state index contributed by atoms with van der Waals surface area (Å²) in [5, 5.41) is 15.4. The Hall–Kier alpha value is -2.38. The Bertz CT molecular complexity index is 761. The molecule has 1 aromatic heterocycles. The van der Waals surface area contributed by atoms with Crippen LogP contribution in [0.3, 0.4) is 0 Å². The molecule has 0 unspecified atom stereocenters. The fraction of sp³-hybridized carbons (Fsp3) is 0.368. The average molecular weight is 362 g/mol. The van der Waals surface area contributed by atoms with Crippen LogP contribution in [-0.4, -0.2) is 44.4 Å². The molecule has 0 aliphatic carbocycles. The standard InChI is InChI=1S/C19H24F2N4O/c1-4-5-6-7-10-24(3)15(2)19(26,12-25-14-22-13-23-25)17-9-8-16(20)11-18(17)21/h4-9,11,13-15,26H,10,12H2,1-3H3/b5-4+,7-6+/t15-,19-/m0/s1. The Morgan fingerprint density at radius 1 is 1.35 bits per heavy atom. The lowest BCUT2D eigenvalue weighted by Crippen LogP contribution is -2.50. The first-order chi connectivity index (χ1) is 12.4. The lowest BCUT2D eigenvalue weighted by Gasteiger charge is -2.39. The minimum Gasteiger partial charge on any atom is -0.381 e. The topological polar surface area (TPSA) is 54.2 Å². The highest BCUT2D eigenvalue weighted by Crippen LogP contribution is 2.32. The third-order valence-electron chi connectivity index (χ3n) is 4.45. The van der Waals surface area contributed by atoms with Crippen LogP contribution in [-0.2, 0) is 12.1 Å². The van der Waals surface area contributed by atoms with Crippen LogP contribution in [0.15, 0.2) is 55.2 Å². The van der Waals surface area contributed by atoms with Crippen molar-refractivity contribution in [2.75, 3.05) is 13.6 Å². The third-order valence-corrected chi connectivity index (χ3v) is 4.45. The number of benzene rings is 1. The van der Waals surface area contributed by atoms with Crippen molar-refractivity contribution < 1.29 is 13.9 Å². The summed E-state index contributed by atoms with van der Waals surface area (Å²) in [6.07, 6.45) is 10.4. The highest BCUT2D eigenvalue weighted by atomic mass is 19.1. The Labute approximate surface area is 152 Å². The quantitative estimate of drug-likeness (QED) is 0.734. The number of halogens is 2. The second kappa shape index (κ2) is 8.82. The monoisotopic (exact) mass is 362 g/mol. The van der Waals surface area contributed by atoms with Crippen LogP contribution in [0.5, 0.6) is 0 Å². The smallest absolute Gasteiger partial charge is 0.137 e. The van der Waals surface area contributed by atoms with Crippen molar-refractivity contribution in [1.29, 1.82) is 0 Å². The van der Waals surface area contributed by atoms with Gasteiger partial charge in [0.05, 0.1) is 6.54 Å². The number of aromatic nitrogens is 3. The number of hydrogen-bond acceptors (Lipinski definition) is 4. The summed E-state index contributed by atoms with van der Waals surface area (Å²) in [6.45, 7) is 4.25. The summed E-state index contributed by atoms with van der Waals surface area (Å²) < 4.78 is 29.2. The molecule has 2 atom stereocenters. The second-order valence-electron chi connectivity index (χ2n) is 6.21. The van der Waals surface area contributed by atoms with Gasteiger partial charge in [0.2, 0.25) is 0 Å². The molecule has 0 aliphatic heterocycles. The van der Waals surface area contributed by atoms with Gasteiger partial charge in [-0.2, -0.15) is 5.10 Å². The number of rotatable bonds is 8. The number of likely N-dealkylation sites (N-methyl/N-ethyl adjacent to an activating group) is 1. The molecule has 1 aromatic carbocycles. The van der Waals surface area contributed by atoms with Crippen molar-refractivity contribution in [2.24, 2.45) is 0 Å². The molecule has 0 aliphatic rings. The van der Waals surface area contributed by atoms with Gasteiger partial charge in [-0.05, 0) is 27.0 Å². The Morgan fingerprint density at radius 3 is 2.73 bits per heavy atom. The van der Waals surface area contributed by atoms with E-state index in [1.165, 1.54) is 23.4 Å². The first-order valence-corrected chi connectivity index (χ1v) is 8.37. The number of hydrogen-bond donors (Lipinski definition) is 1. The maximum Gasteiger partial charge on any atom is 0.137 e. The molecule has 26 heavy (non-hydrogen) atoms. The highest BCUT2D eigenvalue weighted by Gasteiger charge is 2.40. The zero-order chi connectivity index (χ0) is 19.2. The van der Waals surface area contributed by atoms with Crippen molar-refractivity contribution >= 4 is 0 Å². The van der Waals surface area contributed by atoms with E-state index in [0.717, 1.165) is 12.1 Å². The number of aliphatic hydroxyl groups is 1. The lowest BCUT2D eigenvalue weighted by atomic mass is 9.85. The SMILES string of the molecule is C/C=C/C=C/CN(C)[C@@H](C)[C@@](O)(Cn1cncn1)c1ccc(F)cc1F. The lowest BCUT2D eigenvalue weighted by molar-refractivity contribution is -0.0543. The number of nitrogens with zero attached hydrogens (tertiary/aromatic N) is 4. The molecule has 140 valence electrons. The molecule has 5 nitrogen and oxygen atoms in total. The predicted molar refractivity (Wildman–Crippen MR) is 96.3 cm³/mol. The molecular weight excluding hydrogens is 338 g/mol. The minimum atomic E-state index is -1.63. The maximum atomic E-state index is 14.5. The molecule has 0 amide bonds. The van der Waals surface area contributed by atoms with Gasteiger partial charge in [-0.3, -0.25) is 4.90 Å². The largest absolute Gasteiger partial charge is 0.381 e. The van der Waals surface area contributed by atoms with Gasteiger partial charge in [-0.25, -0.2) is 18.4 Å². The molecule has 2 rings (SSSR count). The van der Waals surface area contributed by atoms with Crippen LogP contribution < -0.4 is 0 Å². The predicted octanol–water partition coefficient (Wildman–Crippen LogP) is 2.90. The first kappa shape index (κ1) is 19.9. The summed E-state index contributed by atoms with van der Waals surface area (Å²) in [4.78, 5) is 5.75. The highest BCUT2D eigenvalue weighted by molar-refractivity contribution is 5.27. The van der Waals surface area contributed by atoms with E-state index in [2.05, 4.69) is 10.1 Å². The fourth-order valence-electron chi connectivity index (χ4n) is 2.78. The normalized spacial score (nSPS) is 15.8. The third kappa shape index (κ3) is 4.62. The van der Waals surface area contributed by atoms with Gasteiger partial charge in [0.15, 0.2) is 0 Å². The van der Waals surface area contributed by atoms with E-state index in [9.17, 15) is 13.9 Å². The zero-order valence-electron chi connectivity index (χ0n) is 15.2. The van der Waals surface area contributed by atoms with Crippen molar-refractivity contribution in [3.05, 3.63) is 72.4 Å². The van der Waals surface area contributed by atoms with Gasteiger partial charge < -0.3 is 5.11 Å². The summed E-state index contributed by atoms with van der Waals surface area (Å²) in [7, 11) is 1.83. The molecule has 0 spiro atoms. The first-order valence-electron chi connectivity index (χ1n) is 8.37. The van der Waals surface area contributed by atoms with E-state index in [4.69, 9.17) is 0 Å². The van der Waals surface area contributed by atoms with Crippen LogP contribution in [0, 0.1) is 11.6 Å². The van der Waals surface area contributed by atoms with E-state index in [0.29, 0.717) is 6.54 Å². The maximum absolute atomic E-state index is 14.5. The van der Waals surface area contributed by atoms with E-state index in [1.54, 1.807) is 6.92 Å². The molecule has 0 saturated heterocycles. The molecule has 0 bridgehead atoms. The van der Waals surface area contributed by atoms with Crippen LogP contribution in [0.25, 0.3) is 0 Å². The van der Waals surface area contributed by atoms with Gasteiger partial charge in [0, 0.05) is 24.2 Å². The van der Waals surface area contributed by atoms with E-state index in [-0.39, 0.29) is 12.1 Å². The molecule has 7 heteroatoms. The fourth-order valence-corrected chi connectivity index (χ4v) is 2.78. The van der Waals surface area contributed by atoms with Crippen LogP contribution in [0.1, 0.15) is 19.4 Å². The van der Waals surface area contributed by atoms with Crippen molar-refractivity contribution in [3.8, 4) is 0 Å².